The van der Waals surface area contributed by atoms with Crippen LogP contribution in [0.4, 0.5) is 5.69 Å². The Hall–Kier alpha value is -1.99. The van der Waals surface area contributed by atoms with E-state index < -0.39 is 12.0 Å². The average molecular weight is 347 g/mol. The third kappa shape index (κ3) is 5.30. The van der Waals surface area contributed by atoms with Crippen molar-refractivity contribution >= 4 is 30.0 Å². The highest BCUT2D eigenvalue weighted by Crippen LogP contribution is 2.33. The number of benzene rings is 1. The number of hydrogen-bond donors (Lipinski definition) is 2. The molecule has 1 aromatic rings. The Morgan fingerprint density at radius 1 is 1.17 bits per heavy atom. The number of amides is 1. The minimum Gasteiger partial charge on any atom is -0.493 e. The minimum absolute atomic E-state index is 0. The normalized spacial score (nSPS) is 11.0. The summed E-state index contributed by atoms with van der Waals surface area (Å²) in [5.41, 5.74) is 6.21. The van der Waals surface area contributed by atoms with Crippen molar-refractivity contribution in [2.45, 2.75) is 25.8 Å². The Balaban J connectivity index is 0.00000484. The monoisotopic (exact) mass is 346 g/mol. The van der Waals surface area contributed by atoms with Crippen LogP contribution < -0.4 is 20.5 Å². The van der Waals surface area contributed by atoms with Gasteiger partial charge >= 0.3 is 5.97 Å². The number of hydrogen-bond acceptors (Lipinski definition) is 6. The number of methoxy groups -OCH3 is 3. The molecule has 0 aliphatic rings. The maximum atomic E-state index is 12.1. The van der Waals surface area contributed by atoms with Crippen molar-refractivity contribution in [1.82, 2.24) is 0 Å². The van der Waals surface area contributed by atoms with Gasteiger partial charge in [-0.15, -0.1) is 12.4 Å². The SMILES string of the molecule is CCCC(N)C(=O)Nc1cc(OC)c(OC)cc1C(=O)OC.Cl. The summed E-state index contributed by atoms with van der Waals surface area (Å²) in [6.45, 7) is 1.93. The van der Waals surface area contributed by atoms with Crippen LogP contribution >= 0.6 is 12.4 Å². The van der Waals surface area contributed by atoms with Crippen LogP contribution in [0.1, 0.15) is 30.1 Å². The number of ether oxygens (including phenoxy) is 3. The van der Waals surface area contributed by atoms with Crippen LogP contribution in [-0.4, -0.2) is 39.2 Å². The van der Waals surface area contributed by atoms with Gasteiger partial charge in [-0.25, -0.2) is 4.79 Å². The van der Waals surface area contributed by atoms with Crippen molar-refractivity contribution in [2.75, 3.05) is 26.6 Å². The highest BCUT2D eigenvalue weighted by atomic mass is 35.5. The fraction of sp³-hybridized carbons (Fsp3) is 0.467. The molecule has 130 valence electrons. The number of nitrogens with one attached hydrogen (secondary N) is 1. The molecule has 1 aromatic carbocycles. The molecule has 7 nitrogen and oxygen atoms in total. The molecule has 0 aromatic heterocycles. The van der Waals surface area contributed by atoms with E-state index in [4.69, 9.17) is 19.9 Å². The topological polar surface area (TPSA) is 99.9 Å². The van der Waals surface area contributed by atoms with Crippen LogP contribution in [0.3, 0.4) is 0 Å². The van der Waals surface area contributed by atoms with Gasteiger partial charge in [0.15, 0.2) is 11.5 Å². The third-order valence-electron chi connectivity index (χ3n) is 3.12. The van der Waals surface area contributed by atoms with Gasteiger partial charge in [0.1, 0.15) is 0 Å². The van der Waals surface area contributed by atoms with Gasteiger partial charge in [-0.05, 0) is 6.42 Å². The van der Waals surface area contributed by atoms with Crippen molar-refractivity contribution in [2.24, 2.45) is 5.73 Å². The van der Waals surface area contributed by atoms with Crippen LogP contribution in [0.25, 0.3) is 0 Å². The highest BCUT2D eigenvalue weighted by Gasteiger charge is 2.21. The summed E-state index contributed by atoms with van der Waals surface area (Å²) >= 11 is 0. The zero-order chi connectivity index (χ0) is 16.7. The van der Waals surface area contributed by atoms with Gasteiger partial charge < -0.3 is 25.3 Å². The van der Waals surface area contributed by atoms with Crippen LogP contribution in [0.2, 0.25) is 0 Å². The maximum absolute atomic E-state index is 12.1. The highest BCUT2D eigenvalue weighted by molar-refractivity contribution is 6.03. The molecule has 1 atom stereocenters. The summed E-state index contributed by atoms with van der Waals surface area (Å²) in [5, 5.41) is 2.64. The number of halogens is 1. The van der Waals surface area contributed by atoms with Crippen LogP contribution in [-0.2, 0) is 9.53 Å². The van der Waals surface area contributed by atoms with E-state index in [1.807, 2.05) is 6.92 Å². The Kier molecular flexibility index (Phi) is 9.05. The standard InChI is InChI=1S/C15H22N2O5.ClH/c1-5-6-10(16)14(18)17-11-8-13(21-3)12(20-2)7-9(11)15(19)22-4;/h7-8,10H,5-6,16H2,1-4H3,(H,17,18);1H. The molecular weight excluding hydrogens is 324 g/mol. The van der Waals surface area contributed by atoms with E-state index in [9.17, 15) is 9.59 Å². The summed E-state index contributed by atoms with van der Waals surface area (Å²) in [6, 6.07) is 2.30. The van der Waals surface area contributed by atoms with Gasteiger partial charge in [-0.3, -0.25) is 4.79 Å². The molecule has 1 rings (SSSR count). The molecule has 0 spiro atoms. The summed E-state index contributed by atoms with van der Waals surface area (Å²) in [6.07, 6.45) is 1.33. The smallest absolute Gasteiger partial charge is 0.340 e. The predicted molar refractivity (Wildman–Crippen MR) is 89.6 cm³/mol. The fourth-order valence-electron chi connectivity index (χ4n) is 1.93. The molecule has 1 unspecified atom stereocenters. The zero-order valence-corrected chi connectivity index (χ0v) is 14.5. The molecule has 1 amide bonds. The fourth-order valence-corrected chi connectivity index (χ4v) is 1.93. The Morgan fingerprint density at radius 2 is 1.74 bits per heavy atom. The van der Waals surface area contributed by atoms with Crippen LogP contribution in [0.5, 0.6) is 11.5 Å². The van der Waals surface area contributed by atoms with E-state index >= 15 is 0 Å². The lowest BCUT2D eigenvalue weighted by Crippen LogP contribution is -2.35. The van der Waals surface area contributed by atoms with Crippen LogP contribution in [0.15, 0.2) is 12.1 Å². The number of anilines is 1. The average Bonchev–Trinajstić information content (AvgIpc) is 2.53. The zero-order valence-electron chi connectivity index (χ0n) is 13.7. The summed E-state index contributed by atoms with van der Waals surface area (Å²) < 4.78 is 15.0. The first-order valence-electron chi connectivity index (χ1n) is 6.89. The minimum atomic E-state index is -0.649. The molecule has 0 saturated carbocycles. The van der Waals surface area contributed by atoms with Gasteiger partial charge in [0.05, 0.1) is 38.6 Å². The number of rotatable bonds is 7. The molecule has 0 aliphatic heterocycles. The van der Waals surface area contributed by atoms with Gasteiger partial charge in [-0.2, -0.15) is 0 Å². The molecule has 0 heterocycles. The second-order valence-corrected chi connectivity index (χ2v) is 4.63. The third-order valence-corrected chi connectivity index (χ3v) is 3.12. The van der Waals surface area contributed by atoms with Crippen molar-refractivity contribution in [3.05, 3.63) is 17.7 Å². The van der Waals surface area contributed by atoms with Gasteiger partial charge in [-0.1, -0.05) is 13.3 Å². The summed E-state index contributed by atoms with van der Waals surface area (Å²) in [5.74, 6) is -0.229. The lowest BCUT2D eigenvalue weighted by atomic mass is 10.1. The first kappa shape index (κ1) is 21.0. The summed E-state index contributed by atoms with van der Waals surface area (Å²) in [7, 11) is 4.17. The molecule has 23 heavy (non-hydrogen) atoms. The van der Waals surface area contributed by atoms with E-state index in [0.29, 0.717) is 17.9 Å². The van der Waals surface area contributed by atoms with Crippen LogP contribution in [0, 0.1) is 0 Å². The van der Waals surface area contributed by atoms with Gasteiger partial charge in [0.2, 0.25) is 5.91 Å². The summed E-state index contributed by atoms with van der Waals surface area (Å²) in [4.78, 5) is 23.9. The maximum Gasteiger partial charge on any atom is 0.340 e. The molecule has 8 heteroatoms. The first-order valence-corrected chi connectivity index (χ1v) is 6.89. The Morgan fingerprint density at radius 3 is 2.22 bits per heavy atom. The molecule has 0 bridgehead atoms. The lowest BCUT2D eigenvalue weighted by molar-refractivity contribution is -0.117. The van der Waals surface area contributed by atoms with E-state index in [1.54, 1.807) is 0 Å². The predicted octanol–water partition coefficient (Wildman–Crippen LogP) is 1.98. The van der Waals surface area contributed by atoms with E-state index in [1.165, 1.54) is 33.5 Å². The van der Waals surface area contributed by atoms with E-state index in [0.717, 1.165) is 6.42 Å². The number of carbonyl (C=O) groups excluding carboxylic acids is 2. The van der Waals surface area contributed by atoms with Gasteiger partial charge in [0.25, 0.3) is 0 Å². The van der Waals surface area contributed by atoms with Crippen molar-refractivity contribution < 1.29 is 23.8 Å². The lowest BCUT2D eigenvalue weighted by Gasteiger charge is -2.16. The second-order valence-electron chi connectivity index (χ2n) is 4.63. The molecule has 0 aliphatic carbocycles. The van der Waals surface area contributed by atoms with Crippen molar-refractivity contribution in [3.8, 4) is 11.5 Å². The van der Waals surface area contributed by atoms with Crippen molar-refractivity contribution in [1.29, 1.82) is 0 Å². The molecule has 0 saturated heterocycles. The number of nitrogens with two attached hydrogens (primary N) is 1. The second kappa shape index (κ2) is 9.91. The largest absolute Gasteiger partial charge is 0.493 e. The number of esters is 1. The Bertz CT molecular complexity index is 551. The first-order chi connectivity index (χ1) is 10.5. The van der Waals surface area contributed by atoms with Crippen molar-refractivity contribution in [3.63, 3.8) is 0 Å². The quantitative estimate of drug-likeness (QED) is 0.732. The number of carbonyl (C=O) groups is 2. The van der Waals surface area contributed by atoms with E-state index in [2.05, 4.69) is 5.32 Å². The molecular formula is C15H23ClN2O5. The molecule has 3 N–H and O–H groups in total. The van der Waals surface area contributed by atoms with Gasteiger partial charge in [0, 0.05) is 12.1 Å². The molecule has 0 radical (unpaired) electrons. The molecule has 0 fully saturated rings. The van der Waals surface area contributed by atoms with E-state index in [-0.39, 0.29) is 29.6 Å². The Labute approximate surface area is 141 Å².